The molecule has 0 aromatic rings. The molecule has 4 rings (SSSR count). The van der Waals surface area contributed by atoms with E-state index < -0.39 is 0 Å². The van der Waals surface area contributed by atoms with Crippen molar-refractivity contribution in [2.45, 2.75) is 31.5 Å². The monoisotopic (exact) mass is 310 g/mol. The molecule has 0 aliphatic carbocycles. The van der Waals surface area contributed by atoms with Gasteiger partial charge in [-0.25, -0.2) is 0 Å². The van der Waals surface area contributed by atoms with Crippen LogP contribution in [-0.4, -0.2) is 58.4 Å². The van der Waals surface area contributed by atoms with Gasteiger partial charge in [0.25, 0.3) is 0 Å². The van der Waals surface area contributed by atoms with Crippen molar-refractivity contribution in [2.75, 3.05) is 25.5 Å². The van der Waals surface area contributed by atoms with E-state index in [0.717, 1.165) is 35.8 Å². The molecule has 1 N–H and O–H groups in total. The molecule has 0 aromatic heterocycles. The highest BCUT2D eigenvalue weighted by molar-refractivity contribution is 8.17. The molecule has 1 fully saturated rings. The molecule has 0 radical (unpaired) electrons. The van der Waals surface area contributed by atoms with Crippen molar-refractivity contribution >= 4 is 33.9 Å². The maximum atomic E-state index is 5.40. The molecule has 0 spiro atoms. The summed E-state index contributed by atoms with van der Waals surface area (Å²) < 4.78 is 5.40. The number of thioether (sulfide) groups is 2. The molecule has 5 nitrogen and oxygen atoms in total. The Labute approximate surface area is 127 Å². The van der Waals surface area contributed by atoms with Crippen LogP contribution in [0.15, 0.2) is 21.1 Å². The molecule has 108 valence electrons. The van der Waals surface area contributed by atoms with E-state index in [9.17, 15) is 0 Å². The summed E-state index contributed by atoms with van der Waals surface area (Å²) in [7, 11) is 0. The molecular formula is C13H18N4OS2. The maximum Gasteiger partial charge on any atom is 0.168 e. The Kier molecular flexibility index (Phi) is 3.05. The number of ether oxygens (including phenoxy) is 1. The molecule has 2 atom stereocenters. The Morgan fingerprint density at radius 2 is 2.45 bits per heavy atom. The van der Waals surface area contributed by atoms with Crippen LogP contribution in [0.1, 0.15) is 13.8 Å². The normalized spacial score (nSPS) is 33.5. The number of nitrogens with zero attached hydrogens (tertiary/aromatic N) is 3. The predicted octanol–water partition coefficient (Wildman–Crippen LogP) is 1.48. The zero-order valence-electron chi connectivity index (χ0n) is 11.6. The summed E-state index contributed by atoms with van der Waals surface area (Å²) in [5.74, 6) is 0.953. The SMILES string of the molecule is CC1(C)CN2C(CSC3=NC4COCC4N3)=CSC2=N1. The van der Waals surface area contributed by atoms with Crippen LogP contribution in [0.5, 0.6) is 0 Å². The first-order valence-corrected chi connectivity index (χ1v) is 8.75. The van der Waals surface area contributed by atoms with Gasteiger partial charge < -0.3 is 15.0 Å². The Balaban J connectivity index is 1.36. The number of nitrogens with one attached hydrogen (secondary N) is 1. The van der Waals surface area contributed by atoms with Crippen molar-refractivity contribution in [3.05, 3.63) is 11.1 Å². The number of hydrogen-bond acceptors (Lipinski definition) is 7. The minimum atomic E-state index is 0.0456. The van der Waals surface area contributed by atoms with Gasteiger partial charge in [-0.1, -0.05) is 23.5 Å². The Bertz CT molecular complexity index is 528. The highest BCUT2D eigenvalue weighted by atomic mass is 32.2. The smallest absolute Gasteiger partial charge is 0.168 e. The van der Waals surface area contributed by atoms with E-state index in [4.69, 9.17) is 9.73 Å². The van der Waals surface area contributed by atoms with Crippen LogP contribution >= 0.6 is 23.5 Å². The summed E-state index contributed by atoms with van der Waals surface area (Å²) in [4.78, 5) is 11.8. The van der Waals surface area contributed by atoms with Crippen LogP contribution in [0.25, 0.3) is 0 Å². The van der Waals surface area contributed by atoms with E-state index in [-0.39, 0.29) is 5.54 Å². The van der Waals surface area contributed by atoms with Gasteiger partial charge in [0.2, 0.25) is 0 Å². The first kappa shape index (κ1) is 13.0. The minimum Gasteiger partial charge on any atom is -0.377 e. The number of fused-ring (bicyclic) bond motifs is 2. The molecule has 0 aromatic carbocycles. The van der Waals surface area contributed by atoms with Crippen LogP contribution in [0.3, 0.4) is 0 Å². The third-order valence-electron chi connectivity index (χ3n) is 3.82. The molecule has 7 heteroatoms. The number of aliphatic imine (C=N–C) groups is 2. The molecule has 4 aliphatic heterocycles. The average molecular weight is 310 g/mol. The minimum absolute atomic E-state index is 0.0456. The zero-order valence-corrected chi connectivity index (χ0v) is 13.3. The van der Waals surface area contributed by atoms with Crippen molar-refractivity contribution in [3.63, 3.8) is 0 Å². The highest BCUT2D eigenvalue weighted by Gasteiger charge is 2.37. The van der Waals surface area contributed by atoms with Crippen molar-refractivity contribution < 1.29 is 4.74 Å². The van der Waals surface area contributed by atoms with Crippen LogP contribution in [-0.2, 0) is 4.74 Å². The average Bonchev–Trinajstić information content (AvgIpc) is 3.05. The summed E-state index contributed by atoms with van der Waals surface area (Å²) in [5.41, 5.74) is 1.39. The van der Waals surface area contributed by atoms with Crippen molar-refractivity contribution in [2.24, 2.45) is 9.98 Å². The second kappa shape index (κ2) is 4.68. The second-order valence-corrected chi connectivity index (χ2v) is 7.90. The number of rotatable bonds is 2. The van der Waals surface area contributed by atoms with Crippen LogP contribution in [0, 0.1) is 0 Å². The van der Waals surface area contributed by atoms with E-state index in [0.29, 0.717) is 12.1 Å². The Morgan fingerprint density at radius 3 is 3.30 bits per heavy atom. The van der Waals surface area contributed by atoms with Crippen LogP contribution in [0.4, 0.5) is 0 Å². The Hall–Kier alpha value is -0.660. The predicted molar refractivity (Wildman–Crippen MR) is 85.3 cm³/mol. The van der Waals surface area contributed by atoms with Crippen LogP contribution < -0.4 is 5.32 Å². The van der Waals surface area contributed by atoms with Gasteiger partial charge in [0.05, 0.1) is 30.8 Å². The maximum absolute atomic E-state index is 5.40. The molecule has 0 saturated carbocycles. The zero-order chi connectivity index (χ0) is 13.7. The summed E-state index contributed by atoms with van der Waals surface area (Å²) in [5, 5.41) is 7.90. The topological polar surface area (TPSA) is 49.2 Å². The van der Waals surface area contributed by atoms with E-state index in [2.05, 4.69) is 34.5 Å². The van der Waals surface area contributed by atoms with Crippen molar-refractivity contribution in [1.82, 2.24) is 10.2 Å². The van der Waals surface area contributed by atoms with E-state index in [1.807, 2.05) is 0 Å². The fourth-order valence-corrected chi connectivity index (χ4v) is 4.93. The fourth-order valence-electron chi connectivity index (χ4n) is 2.80. The second-order valence-electron chi connectivity index (χ2n) is 6.10. The molecule has 20 heavy (non-hydrogen) atoms. The molecule has 0 bridgehead atoms. The third kappa shape index (κ3) is 2.25. The summed E-state index contributed by atoms with van der Waals surface area (Å²) >= 11 is 3.54. The van der Waals surface area contributed by atoms with Crippen molar-refractivity contribution in [1.29, 1.82) is 0 Å². The summed E-state index contributed by atoms with van der Waals surface area (Å²) in [6.07, 6.45) is 0. The van der Waals surface area contributed by atoms with Crippen molar-refractivity contribution in [3.8, 4) is 0 Å². The van der Waals surface area contributed by atoms with Crippen LogP contribution in [0.2, 0.25) is 0 Å². The number of amidine groups is 2. The lowest BCUT2D eigenvalue weighted by Gasteiger charge is -2.20. The molecule has 2 unspecified atom stereocenters. The fraction of sp³-hybridized carbons (Fsp3) is 0.692. The van der Waals surface area contributed by atoms with Gasteiger partial charge in [-0.2, -0.15) is 0 Å². The van der Waals surface area contributed by atoms with E-state index in [1.54, 1.807) is 23.5 Å². The summed E-state index contributed by atoms with van der Waals surface area (Å²) in [6.45, 7) is 6.91. The van der Waals surface area contributed by atoms with Gasteiger partial charge in [-0.15, -0.1) is 0 Å². The molecule has 4 heterocycles. The van der Waals surface area contributed by atoms with Gasteiger partial charge in [0.15, 0.2) is 10.3 Å². The van der Waals surface area contributed by atoms with Gasteiger partial charge in [-0.05, 0) is 19.3 Å². The molecule has 0 amide bonds. The standard InChI is InChI=1S/C13H18N4OS2/c1-13(2)7-17-8(6-20-12(17)16-13)5-19-11-14-9-3-18-4-10(9)15-11/h6,9-10H,3-5,7H2,1-2H3,(H,14,15). The van der Waals surface area contributed by atoms with Gasteiger partial charge in [0, 0.05) is 18.0 Å². The first-order valence-electron chi connectivity index (χ1n) is 6.89. The highest BCUT2D eigenvalue weighted by Crippen LogP contribution is 2.36. The first-order chi connectivity index (χ1) is 9.61. The van der Waals surface area contributed by atoms with Gasteiger partial charge >= 0.3 is 0 Å². The van der Waals surface area contributed by atoms with Gasteiger partial charge in [0.1, 0.15) is 0 Å². The quantitative estimate of drug-likeness (QED) is 0.837. The Morgan fingerprint density at radius 1 is 1.55 bits per heavy atom. The molecule has 4 aliphatic rings. The lowest BCUT2D eigenvalue weighted by atomic mass is 10.1. The lowest BCUT2D eigenvalue weighted by Crippen LogP contribution is -2.33. The number of hydrogen-bond donors (Lipinski definition) is 1. The molecule has 1 saturated heterocycles. The lowest BCUT2D eigenvalue weighted by molar-refractivity contribution is 0.188. The third-order valence-corrected chi connectivity index (χ3v) is 5.67. The largest absolute Gasteiger partial charge is 0.377 e. The van der Waals surface area contributed by atoms with E-state index >= 15 is 0 Å². The van der Waals surface area contributed by atoms with E-state index in [1.165, 1.54) is 5.70 Å². The molecular weight excluding hydrogens is 292 g/mol. The summed E-state index contributed by atoms with van der Waals surface area (Å²) in [6, 6.07) is 0.722. The van der Waals surface area contributed by atoms with Gasteiger partial charge in [-0.3, -0.25) is 9.98 Å².